The highest BCUT2D eigenvalue weighted by atomic mass is 16.5. The zero-order chi connectivity index (χ0) is 8.91. The Morgan fingerprint density at radius 2 is 2.09 bits per heavy atom. The second-order valence-corrected chi connectivity index (χ2v) is 3.32. The second kappa shape index (κ2) is 4.52. The van der Waals surface area contributed by atoms with Crippen LogP contribution in [0.15, 0.2) is 11.6 Å². The summed E-state index contributed by atoms with van der Waals surface area (Å²) in [5, 5.41) is 9.66. The SMILES string of the molecule is COCCC(C)(O)C=C(C)C. The fourth-order valence-electron chi connectivity index (χ4n) is 1.00. The van der Waals surface area contributed by atoms with Gasteiger partial charge in [-0.05, 0) is 20.8 Å². The molecular weight excluding hydrogens is 140 g/mol. The zero-order valence-electron chi connectivity index (χ0n) is 7.85. The minimum Gasteiger partial charge on any atom is -0.386 e. The molecule has 0 heterocycles. The summed E-state index contributed by atoms with van der Waals surface area (Å²) < 4.78 is 4.87. The van der Waals surface area contributed by atoms with E-state index in [0.29, 0.717) is 13.0 Å². The lowest BCUT2D eigenvalue weighted by Gasteiger charge is -2.18. The molecule has 0 bridgehead atoms. The molecule has 66 valence electrons. The van der Waals surface area contributed by atoms with Crippen molar-refractivity contribution in [2.24, 2.45) is 0 Å². The van der Waals surface area contributed by atoms with Crippen LogP contribution in [0, 0.1) is 0 Å². The molecule has 0 aromatic rings. The first-order chi connectivity index (χ1) is 4.98. The Morgan fingerprint density at radius 1 is 1.55 bits per heavy atom. The normalized spacial score (nSPS) is 15.7. The number of allylic oxidation sites excluding steroid dienone is 1. The smallest absolute Gasteiger partial charge is 0.0824 e. The van der Waals surface area contributed by atoms with Crippen molar-refractivity contribution in [2.75, 3.05) is 13.7 Å². The van der Waals surface area contributed by atoms with E-state index in [2.05, 4.69) is 0 Å². The Morgan fingerprint density at radius 3 is 2.45 bits per heavy atom. The summed E-state index contributed by atoms with van der Waals surface area (Å²) in [6, 6.07) is 0. The first-order valence-electron chi connectivity index (χ1n) is 3.85. The fourth-order valence-corrected chi connectivity index (χ4v) is 1.00. The molecule has 0 amide bonds. The van der Waals surface area contributed by atoms with Gasteiger partial charge in [0.05, 0.1) is 5.60 Å². The van der Waals surface area contributed by atoms with Gasteiger partial charge in [-0.2, -0.15) is 0 Å². The van der Waals surface area contributed by atoms with E-state index in [4.69, 9.17) is 4.74 Å². The molecule has 0 saturated heterocycles. The Labute approximate surface area is 68.9 Å². The van der Waals surface area contributed by atoms with E-state index in [1.54, 1.807) is 14.0 Å². The molecular formula is C9H18O2. The summed E-state index contributed by atoms with van der Waals surface area (Å²) >= 11 is 0. The van der Waals surface area contributed by atoms with Crippen molar-refractivity contribution in [3.8, 4) is 0 Å². The van der Waals surface area contributed by atoms with E-state index in [9.17, 15) is 5.11 Å². The molecule has 1 unspecified atom stereocenters. The molecule has 0 aromatic carbocycles. The fraction of sp³-hybridized carbons (Fsp3) is 0.778. The second-order valence-electron chi connectivity index (χ2n) is 3.32. The van der Waals surface area contributed by atoms with Crippen molar-refractivity contribution in [3.05, 3.63) is 11.6 Å². The number of hydrogen-bond donors (Lipinski definition) is 1. The van der Waals surface area contributed by atoms with Gasteiger partial charge >= 0.3 is 0 Å². The third kappa shape index (κ3) is 6.07. The maximum atomic E-state index is 9.66. The number of hydrogen-bond acceptors (Lipinski definition) is 2. The van der Waals surface area contributed by atoms with Crippen LogP contribution in [0.25, 0.3) is 0 Å². The van der Waals surface area contributed by atoms with E-state index in [0.717, 1.165) is 5.57 Å². The van der Waals surface area contributed by atoms with Gasteiger partial charge in [-0.25, -0.2) is 0 Å². The number of rotatable bonds is 4. The van der Waals surface area contributed by atoms with Gasteiger partial charge in [-0.3, -0.25) is 0 Å². The largest absolute Gasteiger partial charge is 0.386 e. The van der Waals surface area contributed by atoms with Gasteiger partial charge in [0.15, 0.2) is 0 Å². The van der Waals surface area contributed by atoms with Crippen LogP contribution >= 0.6 is 0 Å². The van der Waals surface area contributed by atoms with Crippen molar-refractivity contribution >= 4 is 0 Å². The first kappa shape index (κ1) is 10.7. The van der Waals surface area contributed by atoms with Gasteiger partial charge in [-0.15, -0.1) is 0 Å². The van der Waals surface area contributed by atoms with Gasteiger partial charge in [0.2, 0.25) is 0 Å². The summed E-state index contributed by atoms with van der Waals surface area (Å²) in [7, 11) is 1.64. The summed E-state index contributed by atoms with van der Waals surface area (Å²) in [6.45, 7) is 6.33. The lowest BCUT2D eigenvalue weighted by molar-refractivity contribution is 0.0645. The summed E-state index contributed by atoms with van der Waals surface area (Å²) in [5.74, 6) is 0. The lowest BCUT2D eigenvalue weighted by atomic mass is 10.0. The van der Waals surface area contributed by atoms with E-state index in [1.165, 1.54) is 0 Å². The topological polar surface area (TPSA) is 29.5 Å². The standard InChI is InChI=1S/C9H18O2/c1-8(2)7-9(3,10)5-6-11-4/h7,10H,5-6H2,1-4H3. The molecule has 0 aromatic heterocycles. The highest BCUT2D eigenvalue weighted by Gasteiger charge is 2.15. The third-order valence-electron chi connectivity index (χ3n) is 1.41. The predicted octanol–water partition coefficient (Wildman–Crippen LogP) is 1.74. The van der Waals surface area contributed by atoms with Gasteiger partial charge in [0, 0.05) is 20.1 Å². The monoisotopic (exact) mass is 158 g/mol. The van der Waals surface area contributed by atoms with Gasteiger partial charge in [0.1, 0.15) is 0 Å². The summed E-state index contributed by atoms with van der Waals surface area (Å²) in [5.41, 5.74) is 0.417. The first-order valence-corrected chi connectivity index (χ1v) is 3.85. The van der Waals surface area contributed by atoms with Gasteiger partial charge in [0.25, 0.3) is 0 Å². The Kier molecular flexibility index (Phi) is 4.38. The average molecular weight is 158 g/mol. The Bertz CT molecular complexity index is 132. The minimum absolute atomic E-state index is 0.594. The zero-order valence-corrected chi connectivity index (χ0v) is 7.85. The van der Waals surface area contributed by atoms with Crippen LogP contribution in [0.5, 0.6) is 0 Å². The molecule has 0 saturated carbocycles. The van der Waals surface area contributed by atoms with Crippen LogP contribution < -0.4 is 0 Å². The lowest BCUT2D eigenvalue weighted by Crippen LogP contribution is -2.23. The van der Waals surface area contributed by atoms with Crippen LogP contribution in [0.1, 0.15) is 27.2 Å². The molecule has 2 heteroatoms. The quantitative estimate of drug-likeness (QED) is 0.631. The molecule has 0 fully saturated rings. The molecule has 0 radical (unpaired) electrons. The van der Waals surface area contributed by atoms with Crippen LogP contribution in [-0.2, 0) is 4.74 Å². The van der Waals surface area contributed by atoms with Crippen molar-refractivity contribution in [3.63, 3.8) is 0 Å². The van der Waals surface area contributed by atoms with E-state index in [-0.39, 0.29) is 0 Å². The maximum absolute atomic E-state index is 9.66. The number of methoxy groups -OCH3 is 1. The minimum atomic E-state index is -0.713. The summed E-state index contributed by atoms with van der Waals surface area (Å²) in [4.78, 5) is 0. The molecule has 1 N–H and O–H groups in total. The van der Waals surface area contributed by atoms with Crippen molar-refractivity contribution in [2.45, 2.75) is 32.8 Å². The Hall–Kier alpha value is -0.340. The number of aliphatic hydroxyl groups is 1. The van der Waals surface area contributed by atoms with Crippen LogP contribution in [-0.4, -0.2) is 24.4 Å². The van der Waals surface area contributed by atoms with Gasteiger partial charge in [-0.1, -0.05) is 11.6 Å². The van der Waals surface area contributed by atoms with Crippen molar-refractivity contribution in [1.29, 1.82) is 0 Å². The summed E-state index contributed by atoms with van der Waals surface area (Å²) in [6.07, 6.45) is 2.50. The highest BCUT2D eigenvalue weighted by molar-refractivity contribution is 5.04. The van der Waals surface area contributed by atoms with Crippen LogP contribution in [0.4, 0.5) is 0 Å². The number of ether oxygens (including phenoxy) is 1. The molecule has 1 atom stereocenters. The van der Waals surface area contributed by atoms with E-state index >= 15 is 0 Å². The molecule has 11 heavy (non-hydrogen) atoms. The van der Waals surface area contributed by atoms with Crippen LogP contribution in [0.2, 0.25) is 0 Å². The molecule has 0 aliphatic heterocycles. The average Bonchev–Trinajstić information content (AvgIpc) is 1.81. The molecule has 0 rings (SSSR count). The Balaban J connectivity index is 3.90. The van der Waals surface area contributed by atoms with Crippen LogP contribution in [0.3, 0.4) is 0 Å². The maximum Gasteiger partial charge on any atom is 0.0824 e. The molecule has 0 aliphatic rings. The van der Waals surface area contributed by atoms with Crippen molar-refractivity contribution < 1.29 is 9.84 Å². The molecule has 0 aliphatic carbocycles. The van der Waals surface area contributed by atoms with Gasteiger partial charge < -0.3 is 9.84 Å². The van der Waals surface area contributed by atoms with Crippen molar-refractivity contribution in [1.82, 2.24) is 0 Å². The highest BCUT2D eigenvalue weighted by Crippen LogP contribution is 2.13. The molecule has 0 spiro atoms. The van der Waals surface area contributed by atoms with E-state index in [1.807, 2.05) is 19.9 Å². The third-order valence-corrected chi connectivity index (χ3v) is 1.41. The predicted molar refractivity (Wildman–Crippen MR) is 46.5 cm³/mol. The molecule has 2 nitrogen and oxygen atoms in total. The van der Waals surface area contributed by atoms with E-state index < -0.39 is 5.60 Å².